The van der Waals surface area contributed by atoms with Gasteiger partial charge in [0.2, 0.25) is 10.0 Å². The summed E-state index contributed by atoms with van der Waals surface area (Å²) in [5.41, 5.74) is 6.93. The maximum absolute atomic E-state index is 12.6. The smallest absolute Gasteiger partial charge is 0.265 e. The fraction of sp³-hybridized carbons (Fsp3) is 0.300. The van der Waals surface area contributed by atoms with Crippen LogP contribution in [0.4, 0.5) is 5.69 Å². The highest BCUT2D eigenvalue weighted by molar-refractivity contribution is 7.89. The Morgan fingerprint density at radius 3 is 2.53 bits per heavy atom. The van der Waals surface area contributed by atoms with Crippen LogP contribution in [0.25, 0.3) is 0 Å². The Kier molecular flexibility index (Phi) is 8.64. The predicted octanol–water partition coefficient (Wildman–Crippen LogP) is 2.84. The molecule has 0 unspecified atom stereocenters. The van der Waals surface area contributed by atoms with Crippen LogP contribution < -0.4 is 11.1 Å². The molecule has 2 aromatic carbocycles. The van der Waals surface area contributed by atoms with Gasteiger partial charge in [-0.25, -0.2) is 8.42 Å². The van der Waals surface area contributed by atoms with E-state index < -0.39 is 15.9 Å². The van der Waals surface area contributed by atoms with E-state index in [-0.39, 0.29) is 23.8 Å². The first-order valence-corrected chi connectivity index (χ1v) is 11.2. The molecule has 2 aromatic rings. The number of nitrogens with zero attached hydrogens (tertiary/aromatic N) is 2. The summed E-state index contributed by atoms with van der Waals surface area (Å²) in [6.07, 6.45) is 0.284. The van der Waals surface area contributed by atoms with E-state index in [1.165, 1.54) is 16.4 Å². The lowest BCUT2D eigenvalue weighted by molar-refractivity contribution is -0.120. The van der Waals surface area contributed by atoms with Gasteiger partial charge in [-0.05, 0) is 29.8 Å². The summed E-state index contributed by atoms with van der Waals surface area (Å²) in [5.74, 6) is -0.329. The van der Waals surface area contributed by atoms with Gasteiger partial charge in [-0.3, -0.25) is 4.79 Å². The summed E-state index contributed by atoms with van der Waals surface area (Å²) in [7, 11) is -3.62. The number of amidine groups is 1. The normalized spacial score (nSPS) is 12.1. The van der Waals surface area contributed by atoms with Crippen LogP contribution in [0.2, 0.25) is 5.02 Å². The molecule has 3 N–H and O–H groups in total. The van der Waals surface area contributed by atoms with Gasteiger partial charge >= 0.3 is 0 Å². The molecular formula is C20H25ClN4O4S. The van der Waals surface area contributed by atoms with Gasteiger partial charge in [0.1, 0.15) is 5.84 Å². The van der Waals surface area contributed by atoms with E-state index in [0.717, 1.165) is 5.56 Å². The third-order valence-electron chi connectivity index (χ3n) is 4.17. The number of hydrogen-bond donors (Lipinski definition) is 2. The maximum Gasteiger partial charge on any atom is 0.265 e. The molecule has 0 aromatic heterocycles. The molecule has 0 heterocycles. The standard InChI is InChI=1S/C20H25ClN4O4S/c1-3-25(4-2)30(27,28)17-10-7-9-16(13-17)23-20(26)14-29-24-19(22)12-15-8-5-6-11-18(15)21/h5-11,13H,3-4,12,14H2,1-2H3,(H2,22,24)(H,23,26). The van der Waals surface area contributed by atoms with Crippen LogP contribution in [0.5, 0.6) is 0 Å². The molecule has 0 aliphatic heterocycles. The SMILES string of the molecule is CCN(CC)S(=O)(=O)c1cccc(NC(=O)CO/N=C(/N)Cc2ccccc2Cl)c1. The molecule has 0 atom stereocenters. The average Bonchev–Trinajstić information content (AvgIpc) is 2.70. The molecule has 10 heteroatoms. The lowest BCUT2D eigenvalue weighted by atomic mass is 10.1. The Morgan fingerprint density at radius 2 is 1.87 bits per heavy atom. The minimum atomic E-state index is -3.62. The van der Waals surface area contributed by atoms with Gasteiger partial charge in [0.15, 0.2) is 6.61 Å². The van der Waals surface area contributed by atoms with Gasteiger partial charge in [-0.15, -0.1) is 0 Å². The van der Waals surface area contributed by atoms with E-state index in [2.05, 4.69) is 10.5 Å². The monoisotopic (exact) mass is 452 g/mol. The van der Waals surface area contributed by atoms with Crippen molar-refractivity contribution in [2.24, 2.45) is 10.9 Å². The number of rotatable bonds is 10. The molecule has 162 valence electrons. The summed E-state index contributed by atoms with van der Waals surface area (Å²) < 4.78 is 26.5. The number of benzene rings is 2. The van der Waals surface area contributed by atoms with Crippen LogP contribution in [0.1, 0.15) is 19.4 Å². The predicted molar refractivity (Wildman–Crippen MR) is 118 cm³/mol. The lowest BCUT2D eigenvalue weighted by Gasteiger charge is -2.18. The van der Waals surface area contributed by atoms with Crippen molar-refractivity contribution in [3.63, 3.8) is 0 Å². The highest BCUT2D eigenvalue weighted by Crippen LogP contribution is 2.19. The molecule has 0 aliphatic carbocycles. The van der Waals surface area contributed by atoms with Crippen molar-refractivity contribution in [3.8, 4) is 0 Å². The first kappa shape index (κ1) is 23.7. The highest BCUT2D eigenvalue weighted by atomic mass is 35.5. The molecule has 2 rings (SSSR count). The molecule has 8 nitrogen and oxygen atoms in total. The summed E-state index contributed by atoms with van der Waals surface area (Å²) in [4.78, 5) is 17.2. The minimum Gasteiger partial charge on any atom is -0.384 e. The molecule has 0 bridgehead atoms. The number of hydrogen-bond acceptors (Lipinski definition) is 5. The lowest BCUT2D eigenvalue weighted by Crippen LogP contribution is -2.30. The fourth-order valence-electron chi connectivity index (χ4n) is 2.69. The molecule has 1 amide bonds. The van der Waals surface area contributed by atoms with Gasteiger partial charge in [-0.1, -0.05) is 54.9 Å². The first-order chi connectivity index (χ1) is 14.3. The van der Waals surface area contributed by atoms with Gasteiger partial charge < -0.3 is 15.9 Å². The van der Waals surface area contributed by atoms with Crippen molar-refractivity contribution >= 4 is 39.1 Å². The Morgan fingerprint density at radius 1 is 1.17 bits per heavy atom. The zero-order chi connectivity index (χ0) is 22.1. The van der Waals surface area contributed by atoms with Gasteiger partial charge in [-0.2, -0.15) is 4.31 Å². The Balaban J connectivity index is 1.94. The van der Waals surface area contributed by atoms with Crippen LogP contribution in [0, 0.1) is 0 Å². The van der Waals surface area contributed by atoms with E-state index in [4.69, 9.17) is 22.2 Å². The minimum absolute atomic E-state index is 0.104. The van der Waals surface area contributed by atoms with Gasteiger partial charge in [0.25, 0.3) is 5.91 Å². The quantitative estimate of drug-likeness (QED) is 0.327. The van der Waals surface area contributed by atoms with Crippen molar-refractivity contribution in [1.82, 2.24) is 4.31 Å². The number of sulfonamides is 1. The fourth-order valence-corrected chi connectivity index (χ4v) is 4.39. The van der Waals surface area contributed by atoms with Gasteiger partial charge in [0.05, 0.1) is 4.90 Å². The number of nitrogens with two attached hydrogens (primary N) is 1. The van der Waals surface area contributed by atoms with Crippen molar-refractivity contribution in [1.29, 1.82) is 0 Å². The topological polar surface area (TPSA) is 114 Å². The van der Waals surface area contributed by atoms with Crippen LogP contribution >= 0.6 is 11.6 Å². The average molecular weight is 453 g/mol. The van der Waals surface area contributed by atoms with Crippen molar-refractivity contribution in [3.05, 3.63) is 59.1 Å². The Hall–Kier alpha value is -2.62. The molecule has 0 saturated heterocycles. The highest BCUT2D eigenvalue weighted by Gasteiger charge is 2.21. The van der Waals surface area contributed by atoms with Crippen LogP contribution in [-0.2, 0) is 26.1 Å². The summed E-state index contributed by atoms with van der Waals surface area (Å²) in [6.45, 7) is 3.87. The molecule has 0 radical (unpaired) electrons. The number of oxime groups is 1. The molecule has 0 spiro atoms. The van der Waals surface area contributed by atoms with Crippen molar-refractivity contribution in [2.75, 3.05) is 25.0 Å². The third kappa shape index (κ3) is 6.45. The summed E-state index contributed by atoms with van der Waals surface area (Å²) >= 11 is 6.06. The number of nitrogens with one attached hydrogen (secondary N) is 1. The second kappa shape index (κ2) is 11.0. The molecule has 0 fully saturated rings. The maximum atomic E-state index is 12.6. The number of carbonyl (C=O) groups is 1. The van der Waals surface area contributed by atoms with Gasteiger partial charge in [0, 0.05) is 30.2 Å². The molecule has 0 aliphatic rings. The van der Waals surface area contributed by atoms with Crippen molar-refractivity contribution < 1.29 is 18.0 Å². The summed E-state index contributed by atoms with van der Waals surface area (Å²) in [5, 5.41) is 6.86. The zero-order valence-corrected chi connectivity index (χ0v) is 18.4. The van der Waals surface area contributed by atoms with E-state index >= 15 is 0 Å². The van der Waals surface area contributed by atoms with Crippen LogP contribution in [0.15, 0.2) is 58.6 Å². The van der Waals surface area contributed by atoms with E-state index in [0.29, 0.717) is 23.8 Å². The third-order valence-corrected chi connectivity index (χ3v) is 6.58. The van der Waals surface area contributed by atoms with Crippen LogP contribution in [0.3, 0.4) is 0 Å². The largest absolute Gasteiger partial charge is 0.384 e. The second-order valence-electron chi connectivity index (χ2n) is 6.29. The van der Waals surface area contributed by atoms with E-state index in [1.54, 1.807) is 32.0 Å². The Bertz CT molecular complexity index is 1010. The summed E-state index contributed by atoms with van der Waals surface area (Å²) in [6, 6.07) is 13.2. The van der Waals surface area contributed by atoms with E-state index in [9.17, 15) is 13.2 Å². The van der Waals surface area contributed by atoms with E-state index in [1.807, 2.05) is 18.2 Å². The van der Waals surface area contributed by atoms with Crippen LogP contribution in [-0.4, -0.2) is 44.2 Å². The number of carbonyl (C=O) groups excluding carboxylic acids is 1. The number of amides is 1. The number of halogens is 1. The Labute approximate surface area is 181 Å². The second-order valence-corrected chi connectivity index (χ2v) is 8.63. The number of anilines is 1. The zero-order valence-electron chi connectivity index (χ0n) is 16.8. The van der Waals surface area contributed by atoms with Crippen molar-refractivity contribution in [2.45, 2.75) is 25.2 Å². The molecule has 30 heavy (non-hydrogen) atoms. The first-order valence-electron chi connectivity index (χ1n) is 9.35. The molecule has 0 saturated carbocycles. The molecular weight excluding hydrogens is 428 g/mol.